The van der Waals surface area contributed by atoms with Crippen molar-refractivity contribution >= 4 is 20.2 Å². The molecule has 0 unspecified atom stereocenters. The minimum Gasteiger partial charge on any atom is -0.376 e. The number of benzene rings is 2. The van der Waals surface area contributed by atoms with E-state index in [0.717, 1.165) is 100 Å². The molecule has 0 aromatic heterocycles. The Bertz CT molecular complexity index is 1350. The predicted octanol–water partition coefficient (Wildman–Crippen LogP) is 7.98. The molecule has 6 nitrogen and oxygen atoms in total. The molecule has 0 spiro atoms. The molecule has 2 aromatic rings. The molecule has 2 aromatic carbocycles. The first-order chi connectivity index (χ1) is 18.6. The van der Waals surface area contributed by atoms with Crippen molar-refractivity contribution in [2.75, 3.05) is 0 Å². The zero-order chi connectivity index (χ0) is 27.6. The fourth-order valence-corrected chi connectivity index (χ4v) is 8.94. The summed E-state index contributed by atoms with van der Waals surface area (Å²) in [6, 6.07) is 6.71. The second-order valence-electron chi connectivity index (χ2n) is 11.6. The first-order valence-electron chi connectivity index (χ1n) is 14.5. The first kappa shape index (κ1) is 28.6. The molecule has 3 saturated carbocycles. The van der Waals surface area contributed by atoms with Crippen LogP contribution in [0.1, 0.15) is 131 Å². The highest BCUT2D eigenvalue weighted by molar-refractivity contribution is 7.87. The van der Waals surface area contributed by atoms with Gasteiger partial charge >= 0.3 is 10.1 Å². The monoisotopic (exact) mass is 578 g/mol. The maximum atomic E-state index is 14.9. The molecule has 0 saturated heterocycles. The normalized spacial score (nSPS) is 20.7. The summed E-state index contributed by atoms with van der Waals surface area (Å²) in [5.74, 6) is -1.12. The van der Waals surface area contributed by atoms with E-state index in [2.05, 4.69) is 12.1 Å². The third-order valence-electron chi connectivity index (χ3n) is 8.99. The van der Waals surface area contributed by atoms with Gasteiger partial charge in [0.2, 0.25) is 0 Å². The van der Waals surface area contributed by atoms with Crippen molar-refractivity contribution in [3.8, 4) is 5.75 Å². The molecule has 3 fully saturated rings. The van der Waals surface area contributed by atoms with E-state index in [1.165, 1.54) is 24.8 Å². The molecule has 0 bridgehead atoms. The summed E-state index contributed by atoms with van der Waals surface area (Å²) in [7, 11) is -9.08. The van der Waals surface area contributed by atoms with Crippen LogP contribution in [0.4, 0.5) is 4.39 Å². The summed E-state index contributed by atoms with van der Waals surface area (Å²) in [6.07, 6.45) is 15.9. The lowest BCUT2D eigenvalue weighted by atomic mass is 9.76. The summed E-state index contributed by atoms with van der Waals surface area (Å²) in [6.45, 7) is 0. The molecule has 3 aliphatic rings. The Morgan fingerprint density at radius 3 is 1.56 bits per heavy atom. The van der Waals surface area contributed by atoms with E-state index in [0.29, 0.717) is 12.0 Å². The highest BCUT2D eigenvalue weighted by Gasteiger charge is 2.35. The van der Waals surface area contributed by atoms with Crippen molar-refractivity contribution in [1.82, 2.24) is 0 Å². The third kappa shape index (κ3) is 6.51. The van der Waals surface area contributed by atoms with Crippen LogP contribution in [-0.4, -0.2) is 21.4 Å². The number of hydrogen-bond acceptors (Lipinski definition) is 5. The van der Waals surface area contributed by atoms with Gasteiger partial charge in [-0.05, 0) is 91.2 Å². The van der Waals surface area contributed by atoms with Gasteiger partial charge in [-0.1, -0.05) is 69.9 Å². The molecule has 1 N–H and O–H groups in total. The van der Waals surface area contributed by atoms with Crippen LogP contribution in [0.3, 0.4) is 0 Å². The number of hydrogen-bond donors (Lipinski definition) is 1. The summed E-state index contributed by atoms with van der Waals surface area (Å²) in [4.78, 5) is -0.466. The zero-order valence-corrected chi connectivity index (χ0v) is 24.0. The van der Waals surface area contributed by atoms with Gasteiger partial charge in [-0.2, -0.15) is 16.8 Å². The molecule has 39 heavy (non-hydrogen) atoms. The number of rotatable bonds is 7. The van der Waals surface area contributed by atoms with Crippen LogP contribution in [0.25, 0.3) is 0 Å². The smallest absolute Gasteiger partial charge is 0.339 e. The predicted molar refractivity (Wildman–Crippen MR) is 148 cm³/mol. The molecule has 5 rings (SSSR count). The number of halogens is 1. The maximum absolute atomic E-state index is 14.9. The summed E-state index contributed by atoms with van der Waals surface area (Å²) >= 11 is 0. The van der Waals surface area contributed by atoms with Gasteiger partial charge in [0.25, 0.3) is 10.1 Å². The van der Waals surface area contributed by atoms with Crippen LogP contribution in [0, 0.1) is 5.82 Å². The van der Waals surface area contributed by atoms with Crippen LogP contribution in [-0.2, 0) is 20.2 Å². The molecule has 9 heteroatoms. The van der Waals surface area contributed by atoms with Crippen LogP contribution < -0.4 is 4.18 Å². The topological polar surface area (TPSA) is 97.7 Å². The fraction of sp³-hybridized carbons (Fsp3) is 0.600. The van der Waals surface area contributed by atoms with Crippen LogP contribution in [0.15, 0.2) is 40.1 Å². The van der Waals surface area contributed by atoms with E-state index < -0.39 is 36.7 Å². The molecule has 0 heterocycles. The molecule has 0 amide bonds. The van der Waals surface area contributed by atoms with Gasteiger partial charge in [-0.25, -0.2) is 4.39 Å². The Hall–Kier alpha value is -1.97. The van der Waals surface area contributed by atoms with E-state index in [1.807, 2.05) is 0 Å². The van der Waals surface area contributed by atoms with Crippen molar-refractivity contribution in [3.63, 3.8) is 0 Å². The van der Waals surface area contributed by atoms with Crippen molar-refractivity contribution in [1.29, 1.82) is 0 Å². The second-order valence-corrected chi connectivity index (χ2v) is 14.5. The lowest BCUT2D eigenvalue weighted by molar-refractivity contribution is 0.412. The van der Waals surface area contributed by atoms with Crippen LogP contribution >= 0.6 is 0 Å². The van der Waals surface area contributed by atoms with E-state index in [1.54, 1.807) is 0 Å². The van der Waals surface area contributed by atoms with Crippen molar-refractivity contribution in [3.05, 3.63) is 52.8 Å². The van der Waals surface area contributed by atoms with Gasteiger partial charge in [0.05, 0.1) is 4.90 Å². The standard InChI is InChI=1S/C30H39FO6S2/c31-28-20-25(38(32,33)34)16-17-29(28)37-39(35,36)30-26(22-12-6-2-7-13-22)18-24(21-10-4-1-5-11-21)19-27(30)23-14-8-3-9-15-23/h16-23H,1-15H2,(H,32,33,34). The van der Waals surface area contributed by atoms with E-state index in [9.17, 15) is 25.8 Å². The van der Waals surface area contributed by atoms with E-state index in [-0.39, 0.29) is 16.7 Å². The van der Waals surface area contributed by atoms with Gasteiger partial charge in [-0.15, -0.1) is 0 Å². The average Bonchev–Trinajstić information content (AvgIpc) is 2.94. The molecule has 0 aliphatic heterocycles. The SMILES string of the molecule is O=S(=O)(O)c1ccc(OS(=O)(=O)c2c(C3CCCCC3)cc(C3CCCCC3)cc2C2CCCCC2)c(F)c1. The quantitative estimate of drug-likeness (QED) is 0.264. The van der Waals surface area contributed by atoms with Gasteiger partial charge in [0.1, 0.15) is 4.90 Å². The third-order valence-corrected chi connectivity index (χ3v) is 11.2. The lowest BCUT2D eigenvalue weighted by Crippen LogP contribution is -2.21. The van der Waals surface area contributed by atoms with Crippen molar-refractivity contribution < 1.29 is 30.0 Å². The largest absolute Gasteiger partial charge is 0.376 e. The summed E-state index contributed by atoms with van der Waals surface area (Å²) < 4.78 is 80.6. The van der Waals surface area contributed by atoms with Gasteiger partial charge in [0.15, 0.2) is 11.6 Å². The van der Waals surface area contributed by atoms with Gasteiger partial charge in [-0.3, -0.25) is 4.55 Å². The fourth-order valence-electron chi connectivity index (χ4n) is 6.96. The Morgan fingerprint density at radius 2 is 1.13 bits per heavy atom. The Kier molecular flexibility index (Phi) is 8.69. The Labute approximate surface area is 232 Å². The Balaban J connectivity index is 1.64. The molecular formula is C30H39FO6S2. The Morgan fingerprint density at radius 1 is 0.667 bits per heavy atom. The first-order valence-corrected chi connectivity index (χ1v) is 17.4. The molecule has 214 valence electrons. The van der Waals surface area contributed by atoms with Crippen LogP contribution in [0.2, 0.25) is 0 Å². The highest BCUT2D eigenvalue weighted by Crippen LogP contribution is 2.46. The average molecular weight is 579 g/mol. The van der Waals surface area contributed by atoms with Gasteiger partial charge in [0, 0.05) is 0 Å². The van der Waals surface area contributed by atoms with Crippen molar-refractivity contribution in [2.45, 2.75) is 124 Å². The van der Waals surface area contributed by atoms with Gasteiger partial charge < -0.3 is 4.18 Å². The molecule has 3 aliphatic carbocycles. The highest BCUT2D eigenvalue weighted by atomic mass is 32.2. The maximum Gasteiger partial charge on any atom is 0.339 e. The lowest BCUT2D eigenvalue weighted by Gasteiger charge is -2.32. The minimum atomic E-state index is -4.64. The molecular weight excluding hydrogens is 539 g/mol. The molecule has 0 radical (unpaired) electrons. The molecule has 0 atom stereocenters. The summed E-state index contributed by atoms with van der Waals surface area (Å²) in [5.41, 5.74) is 2.86. The second kappa shape index (κ2) is 11.9. The summed E-state index contributed by atoms with van der Waals surface area (Å²) in [5, 5.41) is 0. The van der Waals surface area contributed by atoms with Crippen molar-refractivity contribution in [2.24, 2.45) is 0 Å². The zero-order valence-electron chi connectivity index (χ0n) is 22.4. The van der Waals surface area contributed by atoms with E-state index in [4.69, 9.17) is 4.18 Å². The van der Waals surface area contributed by atoms with Crippen LogP contribution in [0.5, 0.6) is 5.75 Å². The minimum absolute atomic E-state index is 0.102. The van der Waals surface area contributed by atoms with E-state index >= 15 is 0 Å².